The molecule has 9 heteroatoms. The number of hydrogen-bond acceptors (Lipinski definition) is 9. The normalized spacial score (nSPS) is 34.8. The SMILES string of the molecule is COC(=O)C1=NNC(O)(C(=O)OC)[C@@H]2[C@H]1[C@@H]1OO[C@H]2/C1=C(\C)c1ccccc1. The fourth-order valence-corrected chi connectivity index (χ4v) is 4.26. The van der Waals surface area contributed by atoms with E-state index in [1.807, 2.05) is 37.3 Å². The smallest absolute Gasteiger partial charge is 0.361 e. The first-order chi connectivity index (χ1) is 13.4. The summed E-state index contributed by atoms with van der Waals surface area (Å²) < 4.78 is 9.58. The van der Waals surface area contributed by atoms with Gasteiger partial charge >= 0.3 is 11.9 Å². The van der Waals surface area contributed by atoms with Crippen LogP contribution in [-0.4, -0.2) is 54.9 Å². The summed E-state index contributed by atoms with van der Waals surface area (Å²) in [5.41, 5.74) is 2.77. The number of hydrazone groups is 1. The second-order valence-electron chi connectivity index (χ2n) is 6.89. The van der Waals surface area contributed by atoms with Crippen LogP contribution < -0.4 is 5.43 Å². The average molecular weight is 388 g/mol. The Bertz CT molecular complexity index is 882. The van der Waals surface area contributed by atoms with Gasteiger partial charge in [-0.15, -0.1) is 0 Å². The van der Waals surface area contributed by atoms with E-state index in [9.17, 15) is 14.7 Å². The van der Waals surface area contributed by atoms with E-state index in [0.717, 1.165) is 23.8 Å². The van der Waals surface area contributed by atoms with Crippen LogP contribution in [0, 0.1) is 11.8 Å². The van der Waals surface area contributed by atoms with Gasteiger partial charge in [-0.2, -0.15) is 5.10 Å². The minimum atomic E-state index is -2.18. The number of benzene rings is 1. The Morgan fingerprint density at radius 3 is 2.46 bits per heavy atom. The van der Waals surface area contributed by atoms with Gasteiger partial charge in [-0.05, 0) is 23.6 Å². The van der Waals surface area contributed by atoms with E-state index in [4.69, 9.17) is 19.2 Å². The Balaban J connectivity index is 1.87. The zero-order valence-electron chi connectivity index (χ0n) is 15.5. The zero-order valence-corrected chi connectivity index (χ0v) is 15.5. The Labute approximate surface area is 160 Å². The highest BCUT2D eigenvalue weighted by Gasteiger charge is 2.69. The van der Waals surface area contributed by atoms with Crippen molar-refractivity contribution in [2.24, 2.45) is 16.9 Å². The van der Waals surface area contributed by atoms with Gasteiger partial charge in [0, 0.05) is 0 Å². The number of aliphatic hydroxyl groups is 1. The van der Waals surface area contributed by atoms with Crippen LogP contribution in [0.25, 0.3) is 5.57 Å². The van der Waals surface area contributed by atoms with Crippen molar-refractivity contribution in [2.45, 2.75) is 24.9 Å². The second kappa shape index (κ2) is 6.69. The van der Waals surface area contributed by atoms with E-state index in [1.54, 1.807) is 0 Å². The summed E-state index contributed by atoms with van der Waals surface area (Å²) >= 11 is 0. The molecule has 0 spiro atoms. The van der Waals surface area contributed by atoms with Crippen molar-refractivity contribution in [3.05, 3.63) is 41.5 Å². The number of fused-ring (bicyclic) bond motifs is 5. The Kier molecular flexibility index (Phi) is 4.45. The van der Waals surface area contributed by atoms with Crippen LogP contribution >= 0.6 is 0 Å². The maximum Gasteiger partial charge on any atom is 0.361 e. The highest BCUT2D eigenvalue weighted by Crippen LogP contribution is 2.53. The summed E-state index contributed by atoms with van der Waals surface area (Å²) in [5, 5.41) is 15.0. The van der Waals surface area contributed by atoms with E-state index < -0.39 is 41.7 Å². The van der Waals surface area contributed by atoms with Crippen LogP contribution in [0.15, 0.2) is 41.0 Å². The molecule has 2 aliphatic heterocycles. The standard InChI is InChI=1S/C19H20N2O7/c1-9(10-7-5-4-6-8-10)11-15-12-13(16(11)28-27-15)19(24,18(23)26-3)21-20-14(12)17(22)25-2/h4-8,12-13,15-16,21,24H,1-3H3/b11-9+/t12-,13-,15-,16+,19?/m1/s1. The maximum atomic E-state index is 12.4. The summed E-state index contributed by atoms with van der Waals surface area (Å²) in [6.07, 6.45) is -1.48. The lowest BCUT2D eigenvalue weighted by Crippen LogP contribution is -2.66. The molecule has 3 aliphatic rings. The summed E-state index contributed by atoms with van der Waals surface area (Å²) in [6, 6.07) is 9.57. The van der Waals surface area contributed by atoms with Crippen molar-refractivity contribution in [1.82, 2.24) is 5.43 Å². The molecule has 1 saturated heterocycles. The highest BCUT2D eigenvalue weighted by atomic mass is 17.2. The first-order valence-electron chi connectivity index (χ1n) is 8.76. The Morgan fingerprint density at radius 2 is 1.82 bits per heavy atom. The largest absolute Gasteiger partial charge is 0.465 e. The second-order valence-corrected chi connectivity index (χ2v) is 6.89. The molecule has 0 radical (unpaired) electrons. The molecule has 2 fully saturated rings. The molecule has 0 aromatic heterocycles. The molecule has 1 saturated carbocycles. The maximum absolute atomic E-state index is 12.4. The highest BCUT2D eigenvalue weighted by molar-refractivity contribution is 6.38. The van der Waals surface area contributed by atoms with E-state index in [-0.39, 0.29) is 5.71 Å². The fourth-order valence-electron chi connectivity index (χ4n) is 4.26. The summed E-state index contributed by atoms with van der Waals surface area (Å²) in [6.45, 7) is 1.90. The van der Waals surface area contributed by atoms with Gasteiger partial charge < -0.3 is 14.6 Å². The minimum absolute atomic E-state index is 0.0234. The van der Waals surface area contributed by atoms with E-state index in [1.165, 1.54) is 7.11 Å². The summed E-state index contributed by atoms with van der Waals surface area (Å²) in [7, 11) is 2.39. The van der Waals surface area contributed by atoms with Crippen LogP contribution in [0.2, 0.25) is 0 Å². The predicted molar refractivity (Wildman–Crippen MR) is 95.3 cm³/mol. The number of methoxy groups -OCH3 is 2. The lowest BCUT2D eigenvalue weighted by atomic mass is 9.79. The van der Waals surface area contributed by atoms with Crippen LogP contribution in [0.5, 0.6) is 0 Å². The Morgan fingerprint density at radius 1 is 1.14 bits per heavy atom. The van der Waals surface area contributed by atoms with Crippen LogP contribution in [0.4, 0.5) is 0 Å². The molecule has 2 bridgehead atoms. The van der Waals surface area contributed by atoms with Crippen molar-refractivity contribution in [3.8, 4) is 0 Å². The van der Waals surface area contributed by atoms with Crippen molar-refractivity contribution in [1.29, 1.82) is 0 Å². The molecule has 0 amide bonds. The minimum Gasteiger partial charge on any atom is -0.465 e. The van der Waals surface area contributed by atoms with Crippen molar-refractivity contribution in [3.63, 3.8) is 0 Å². The third-order valence-electron chi connectivity index (χ3n) is 5.59. The van der Waals surface area contributed by atoms with Crippen LogP contribution in [0.1, 0.15) is 12.5 Å². The first-order valence-corrected chi connectivity index (χ1v) is 8.76. The van der Waals surface area contributed by atoms with Gasteiger partial charge in [0.15, 0.2) is 5.71 Å². The van der Waals surface area contributed by atoms with Gasteiger partial charge in [0.25, 0.3) is 5.72 Å². The number of nitrogens with one attached hydrogen (secondary N) is 1. The van der Waals surface area contributed by atoms with Crippen LogP contribution in [0.3, 0.4) is 0 Å². The number of rotatable bonds is 3. The van der Waals surface area contributed by atoms with E-state index in [0.29, 0.717) is 0 Å². The topological polar surface area (TPSA) is 116 Å². The van der Waals surface area contributed by atoms with Gasteiger partial charge in [0.05, 0.1) is 26.1 Å². The van der Waals surface area contributed by atoms with Gasteiger partial charge in [0.2, 0.25) is 0 Å². The first kappa shape index (κ1) is 18.6. The number of carbonyl (C=O) groups excluding carboxylic acids is 2. The Hall–Kier alpha value is -2.75. The molecular weight excluding hydrogens is 368 g/mol. The fraction of sp³-hybridized carbons (Fsp3) is 0.421. The van der Waals surface area contributed by atoms with Crippen molar-refractivity contribution >= 4 is 23.2 Å². The molecule has 5 atom stereocenters. The van der Waals surface area contributed by atoms with E-state index in [2.05, 4.69) is 10.5 Å². The third-order valence-corrected chi connectivity index (χ3v) is 5.59. The molecule has 1 aromatic rings. The number of esters is 2. The third kappa shape index (κ3) is 2.47. The molecule has 148 valence electrons. The molecule has 1 unspecified atom stereocenters. The lowest BCUT2D eigenvalue weighted by molar-refractivity contribution is -0.348. The number of hydrogen-bond donors (Lipinski definition) is 2. The summed E-state index contributed by atoms with van der Waals surface area (Å²) in [4.78, 5) is 35.6. The summed E-state index contributed by atoms with van der Waals surface area (Å²) in [5.74, 6) is -3.24. The average Bonchev–Trinajstić information content (AvgIpc) is 3.30. The predicted octanol–water partition coefficient (Wildman–Crippen LogP) is 0.399. The molecule has 1 aliphatic carbocycles. The van der Waals surface area contributed by atoms with Crippen molar-refractivity contribution < 1.29 is 33.9 Å². The van der Waals surface area contributed by atoms with Gasteiger partial charge in [-0.1, -0.05) is 30.3 Å². The monoisotopic (exact) mass is 388 g/mol. The quantitative estimate of drug-likeness (QED) is 0.565. The number of nitrogens with zero attached hydrogens (tertiary/aromatic N) is 1. The molecule has 28 heavy (non-hydrogen) atoms. The number of allylic oxidation sites excluding steroid dienone is 1. The van der Waals surface area contributed by atoms with Gasteiger partial charge in [-0.25, -0.2) is 19.4 Å². The van der Waals surface area contributed by atoms with Crippen molar-refractivity contribution in [2.75, 3.05) is 14.2 Å². The number of carbonyl (C=O) groups is 2. The molecule has 2 N–H and O–H groups in total. The van der Waals surface area contributed by atoms with Gasteiger partial charge in [0.1, 0.15) is 12.2 Å². The zero-order chi connectivity index (χ0) is 20.1. The van der Waals surface area contributed by atoms with Crippen LogP contribution in [-0.2, 0) is 28.8 Å². The van der Waals surface area contributed by atoms with E-state index >= 15 is 0 Å². The lowest BCUT2D eigenvalue weighted by Gasteiger charge is -2.41. The molecular formula is C19H20N2O7. The van der Waals surface area contributed by atoms with Gasteiger partial charge in [-0.3, -0.25) is 5.43 Å². The molecule has 9 nitrogen and oxygen atoms in total. The molecule has 4 rings (SSSR count). The molecule has 2 heterocycles. The number of ether oxygens (including phenoxy) is 2. The molecule has 1 aromatic carbocycles.